The van der Waals surface area contributed by atoms with E-state index < -0.39 is 40.5 Å². The van der Waals surface area contributed by atoms with Crippen molar-refractivity contribution < 1.29 is 27.8 Å². The number of pyridine rings is 2. The maximum atomic E-state index is 16.0. The van der Waals surface area contributed by atoms with Gasteiger partial charge in [-0.3, -0.25) is 24.1 Å². The molecule has 0 fully saturated rings. The minimum Gasteiger partial charge on any atom is -0.488 e. The lowest BCUT2D eigenvalue weighted by molar-refractivity contribution is 0.0997. The molecule has 0 radical (unpaired) electrons. The van der Waals surface area contributed by atoms with Crippen LogP contribution in [0.25, 0.3) is 21.5 Å². The molecule has 0 saturated carbocycles. The largest absolute Gasteiger partial charge is 0.488 e. The van der Waals surface area contributed by atoms with Crippen molar-refractivity contribution in [3.05, 3.63) is 198 Å². The number of carbonyl (C=O) groups excluding carboxylic acids is 2. The van der Waals surface area contributed by atoms with Gasteiger partial charge in [0.15, 0.2) is 28.9 Å². The molecule has 0 aliphatic heterocycles. The van der Waals surface area contributed by atoms with Crippen LogP contribution in [0, 0.1) is 11.6 Å². The van der Waals surface area contributed by atoms with Gasteiger partial charge in [0.1, 0.15) is 17.7 Å². The predicted molar refractivity (Wildman–Crippen MR) is 248 cm³/mol. The number of nitrogens with zero attached hydrogens (tertiary/aromatic N) is 1. The predicted octanol–water partition coefficient (Wildman–Crippen LogP) is 11.7. The van der Waals surface area contributed by atoms with Crippen molar-refractivity contribution in [1.29, 1.82) is 0 Å². The summed E-state index contributed by atoms with van der Waals surface area (Å²) >= 11 is 12.2. The van der Waals surface area contributed by atoms with E-state index in [1.807, 2.05) is 0 Å². The molecule has 0 aliphatic rings. The highest BCUT2D eigenvalue weighted by Crippen LogP contribution is 2.34. The molecule has 1 atom stereocenters. The minimum atomic E-state index is -0.774. The van der Waals surface area contributed by atoms with Crippen LogP contribution in [0.1, 0.15) is 52.6 Å². The summed E-state index contributed by atoms with van der Waals surface area (Å²) in [6, 6.07) is 34.4. The number of halogens is 4. The van der Waals surface area contributed by atoms with E-state index in [1.54, 1.807) is 112 Å². The molecule has 1 amide bonds. The summed E-state index contributed by atoms with van der Waals surface area (Å²) in [5.41, 5.74) is 0.767. The highest BCUT2D eigenvalue weighted by atomic mass is 35.5. The van der Waals surface area contributed by atoms with Crippen molar-refractivity contribution in [2.45, 2.75) is 39.4 Å². The summed E-state index contributed by atoms with van der Waals surface area (Å²) in [4.78, 5) is 61.8. The maximum absolute atomic E-state index is 16.0. The van der Waals surface area contributed by atoms with Crippen molar-refractivity contribution in [2.24, 2.45) is 0 Å². The molecule has 2 aromatic heterocycles. The smallest absolute Gasteiger partial charge is 0.263 e. The lowest BCUT2D eigenvalue weighted by Crippen LogP contribution is -2.28. The number of rotatable bonds is 13. The van der Waals surface area contributed by atoms with Gasteiger partial charge in [-0.25, -0.2) is 8.78 Å². The van der Waals surface area contributed by atoms with Gasteiger partial charge in [0, 0.05) is 61.6 Å². The number of hydrogen-bond donors (Lipinski definition) is 3. The average molecular weight is 900 g/mol. The van der Waals surface area contributed by atoms with Crippen molar-refractivity contribution >= 4 is 79.4 Å². The molecule has 14 heteroatoms. The Bertz CT molecular complexity index is 3210. The van der Waals surface area contributed by atoms with Gasteiger partial charge in [0.25, 0.3) is 17.0 Å². The van der Waals surface area contributed by atoms with Crippen molar-refractivity contribution in [1.82, 2.24) is 9.97 Å². The van der Waals surface area contributed by atoms with Crippen molar-refractivity contribution in [3.8, 4) is 11.5 Å². The van der Waals surface area contributed by atoms with Gasteiger partial charge in [0.2, 0.25) is 0 Å². The number of carbonyl (C=O) groups is 2. The maximum Gasteiger partial charge on any atom is 0.263 e. The Labute approximate surface area is 375 Å². The molecule has 8 rings (SSSR count). The zero-order valence-electron chi connectivity index (χ0n) is 34.5. The zero-order valence-corrected chi connectivity index (χ0v) is 36.0. The van der Waals surface area contributed by atoms with Gasteiger partial charge in [-0.2, -0.15) is 0 Å². The number of aromatic nitrogens is 2. The molecule has 1 unspecified atom stereocenters. The molecule has 0 bridgehead atoms. The second kappa shape index (κ2) is 18.2. The average Bonchev–Trinajstić information content (AvgIpc) is 3.26. The number of hydrogen-bond acceptors (Lipinski definition) is 7. The Balaban J connectivity index is 1.08. The van der Waals surface area contributed by atoms with Gasteiger partial charge in [-0.1, -0.05) is 53.5 Å². The van der Waals surface area contributed by atoms with Crippen LogP contribution in [-0.4, -0.2) is 33.9 Å². The number of amides is 1. The summed E-state index contributed by atoms with van der Waals surface area (Å²) < 4.78 is 42.6. The number of benzene rings is 6. The number of ketones is 1. The Kier molecular flexibility index (Phi) is 12.3. The first-order valence-electron chi connectivity index (χ1n) is 20.1. The molecule has 6 aromatic carbocycles. The number of aromatic amines is 2. The van der Waals surface area contributed by atoms with Crippen LogP contribution in [-0.2, 0) is 6.42 Å². The zero-order chi connectivity index (χ0) is 45.2. The van der Waals surface area contributed by atoms with Crippen LogP contribution >= 0.6 is 23.2 Å². The minimum absolute atomic E-state index is 0.0538. The number of nitrogens with one attached hydrogen (secondary N) is 3. The number of anilines is 4. The molecule has 322 valence electrons. The molecule has 8 aromatic rings. The molecule has 0 aliphatic carbocycles. The van der Waals surface area contributed by atoms with Crippen LogP contribution in [0.5, 0.6) is 11.5 Å². The van der Waals surface area contributed by atoms with E-state index in [0.717, 1.165) is 6.07 Å². The fourth-order valence-corrected chi connectivity index (χ4v) is 7.62. The number of fused-ring (bicyclic) bond motifs is 2. The second-order valence-electron chi connectivity index (χ2n) is 15.3. The second-order valence-corrected chi connectivity index (χ2v) is 16.2. The van der Waals surface area contributed by atoms with E-state index >= 15 is 8.78 Å². The quantitative estimate of drug-likeness (QED) is 0.0981. The summed E-state index contributed by atoms with van der Waals surface area (Å²) in [7, 11) is 0. The van der Waals surface area contributed by atoms with Crippen LogP contribution in [0.3, 0.4) is 0 Å². The van der Waals surface area contributed by atoms with Crippen molar-refractivity contribution in [3.63, 3.8) is 0 Å². The van der Waals surface area contributed by atoms with E-state index in [1.165, 1.54) is 41.3 Å². The molecule has 64 heavy (non-hydrogen) atoms. The van der Waals surface area contributed by atoms with Gasteiger partial charge < -0.3 is 24.8 Å². The van der Waals surface area contributed by atoms with Crippen molar-refractivity contribution in [2.75, 3.05) is 10.2 Å². The van der Waals surface area contributed by atoms with E-state index in [9.17, 15) is 19.2 Å². The van der Waals surface area contributed by atoms with Crippen LogP contribution in [0.2, 0.25) is 10.0 Å². The molecule has 0 saturated heterocycles. The number of ether oxygens (including phenoxy) is 2. The highest BCUT2D eigenvalue weighted by molar-refractivity contribution is 6.31. The fourth-order valence-electron chi connectivity index (χ4n) is 7.37. The Morgan fingerprint density at radius 3 is 2.00 bits per heavy atom. The molecular weight excluding hydrogens is 861 g/mol. The summed E-state index contributed by atoms with van der Waals surface area (Å²) in [5.74, 6) is -2.25. The van der Waals surface area contributed by atoms with Gasteiger partial charge in [0.05, 0.1) is 17.4 Å². The standard InChI is InChI=1S/C50H38Cl2F2N4O6/c1-27(2)63-42-20-17-35(25-40(42)53)55-47-45(46(59)30-9-13-33(51)14-10-30)38-19-8-29(23-39(38)49(61)57-47)22-28(3)64-43-21-18-36(26-41(43)54)58(50(62)31-11-15-34(52)16-12-31)44-24-32-6-4-5-7-37(32)48(60)56-44/h4-21,23-28H,22H2,1-3H3,(H,56,60)(H2,55,57,61). The molecule has 3 N–H and O–H groups in total. The monoisotopic (exact) mass is 898 g/mol. The van der Waals surface area contributed by atoms with Crippen LogP contribution in [0.4, 0.5) is 31.8 Å². The lowest BCUT2D eigenvalue weighted by Gasteiger charge is -2.24. The van der Waals surface area contributed by atoms with Crippen LogP contribution in [0.15, 0.2) is 143 Å². The first kappa shape index (κ1) is 43.4. The third-order valence-electron chi connectivity index (χ3n) is 10.3. The molecular formula is C50H38Cl2F2N4O6. The third kappa shape index (κ3) is 9.24. The first-order valence-corrected chi connectivity index (χ1v) is 20.9. The molecule has 0 spiro atoms. The Hall–Kier alpha value is -7.28. The van der Waals surface area contributed by atoms with Gasteiger partial charge in [-0.05, 0) is 123 Å². The van der Waals surface area contributed by atoms with E-state index in [-0.39, 0.29) is 63.5 Å². The SMILES string of the molecule is CC(C)Oc1ccc(Nc2[nH]c(=O)c3cc(CC(C)Oc4ccc(N(C(=O)c5ccc(Cl)cc5)c5cc6ccccc6c(=O)[nH]5)cc4F)ccc3c2C(=O)c2ccc(Cl)cc2)cc1F. The highest BCUT2D eigenvalue weighted by Gasteiger charge is 2.25. The lowest BCUT2D eigenvalue weighted by atomic mass is 9.96. The normalized spacial score (nSPS) is 11.8. The molecule has 10 nitrogen and oxygen atoms in total. The third-order valence-corrected chi connectivity index (χ3v) is 10.8. The van der Waals surface area contributed by atoms with E-state index in [4.69, 9.17) is 32.7 Å². The van der Waals surface area contributed by atoms with Gasteiger partial charge in [-0.15, -0.1) is 0 Å². The van der Waals surface area contributed by atoms with E-state index in [2.05, 4.69) is 15.3 Å². The topological polar surface area (TPSA) is 134 Å². The summed E-state index contributed by atoms with van der Waals surface area (Å²) in [5, 5.41) is 5.41. The van der Waals surface area contributed by atoms with Gasteiger partial charge >= 0.3 is 0 Å². The summed E-state index contributed by atoms with van der Waals surface area (Å²) in [6.45, 7) is 5.29. The number of H-pyrrole nitrogens is 2. The Morgan fingerprint density at radius 1 is 0.672 bits per heavy atom. The van der Waals surface area contributed by atoms with E-state index in [0.29, 0.717) is 37.3 Å². The molecule has 2 heterocycles. The Morgan fingerprint density at radius 2 is 1.31 bits per heavy atom. The fraction of sp³-hybridized carbons (Fsp3) is 0.120. The van der Waals surface area contributed by atoms with Crippen LogP contribution < -0.4 is 30.8 Å². The summed E-state index contributed by atoms with van der Waals surface area (Å²) in [6.07, 6.45) is -0.663. The first-order chi connectivity index (χ1) is 30.7.